The van der Waals surface area contributed by atoms with E-state index in [0.29, 0.717) is 6.04 Å². The maximum absolute atomic E-state index is 13.1. The van der Waals surface area contributed by atoms with Crippen LogP contribution in [0.2, 0.25) is 0 Å². The number of carbonyl (C=O) groups excluding carboxylic acids is 1. The molecule has 1 N–H and O–H groups in total. The molecule has 1 aromatic carbocycles. The second kappa shape index (κ2) is 5.98. The number of hydrogen-bond acceptors (Lipinski definition) is 3. The second-order valence-electron chi connectivity index (χ2n) is 6.93. The Bertz CT molecular complexity index is 766. The van der Waals surface area contributed by atoms with Crippen LogP contribution in [-0.4, -0.2) is 53.5 Å². The van der Waals surface area contributed by atoms with Gasteiger partial charge in [-0.2, -0.15) is 0 Å². The van der Waals surface area contributed by atoms with Crippen molar-refractivity contribution in [3.63, 3.8) is 0 Å². The lowest BCUT2D eigenvalue weighted by Gasteiger charge is -2.25. The Morgan fingerprint density at radius 1 is 1.25 bits per heavy atom. The monoisotopic (exact) mass is 324 g/mol. The fourth-order valence-electron chi connectivity index (χ4n) is 3.80. The predicted octanol–water partition coefficient (Wildman–Crippen LogP) is 2.24. The van der Waals surface area contributed by atoms with Crippen molar-refractivity contribution in [3.05, 3.63) is 53.3 Å². The van der Waals surface area contributed by atoms with Gasteiger partial charge in [0.25, 0.3) is 5.91 Å². The van der Waals surface area contributed by atoms with E-state index in [9.17, 15) is 4.79 Å². The molecule has 0 aliphatic carbocycles. The molecule has 126 valence electrons. The van der Waals surface area contributed by atoms with Crippen LogP contribution in [0.5, 0.6) is 0 Å². The lowest BCUT2D eigenvalue weighted by molar-refractivity contribution is 0.0727. The van der Waals surface area contributed by atoms with E-state index in [1.54, 1.807) is 0 Å². The molecule has 2 aromatic rings. The Morgan fingerprint density at radius 3 is 2.88 bits per heavy atom. The summed E-state index contributed by atoms with van der Waals surface area (Å²) in [5.41, 5.74) is 4.34. The van der Waals surface area contributed by atoms with Crippen LogP contribution >= 0.6 is 0 Å². The number of anilines is 1. The Morgan fingerprint density at radius 2 is 2.08 bits per heavy atom. The number of likely N-dealkylation sites (tertiary alicyclic amines) is 1. The molecule has 1 fully saturated rings. The normalized spacial score (nSPS) is 20.0. The van der Waals surface area contributed by atoms with Gasteiger partial charge < -0.3 is 19.7 Å². The fraction of sp³-hybridized carbons (Fsp3) is 0.421. The van der Waals surface area contributed by atoms with Crippen molar-refractivity contribution in [1.82, 2.24) is 14.4 Å². The zero-order valence-electron chi connectivity index (χ0n) is 14.3. The molecule has 24 heavy (non-hydrogen) atoms. The van der Waals surface area contributed by atoms with E-state index in [0.717, 1.165) is 49.7 Å². The molecule has 1 unspecified atom stereocenters. The topological polar surface area (TPSA) is 40.5 Å². The van der Waals surface area contributed by atoms with Crippen LogP contribution in [0.4, 0.5) is 5.69 Å². The molecule has 3 heterocycles. The largest absolute Gasteiger partial charge is 0.379 e. The Hall–Kier alpha value is -2.27. The average molecular weight is 324 g/mol. The van der Waals surface area contributed by atoms with E-state index in [4.69, 9.17) is 0 Å². The number of rotatable bonds is 2. The summed E-state index contributed by atoms with van der Waals surface area (Å²) in [5.74, 6) is 0.126. The maximum atomic E-state index is 13.1. The van der Waals surface area contributed by atoms with E-state index >= 15 is 0 Å². The van der Waals surface area contributed by atoms with Crippen LogP contribution in [0, 0.1) is 0 Å². The summed E-state index contributed by atoms with van der Waals surface area (Å²) in [6.45, 7) is 3.51. The first-order chi connectivity index (χ1) is 11.6. The number of aromatic nitrogens is 1. The molecule has 5 nitrogen and oxygen atoms in total. The molecular formula is C19H24N4O. The molecule has 0 radical (unpaired) electrons. The van der Waals surface area contributed by atoms with E-state index in [1.807, 2.05) is 24.1 Å². The number of para-hydroxylation sites is 1. The number of nitrogens with one attached hydrogen (secondary N) is 1. The lowest BCUT2D eigenvalue weighted by atomic mass is 10.1. The third-order valence-electron chi connectivity index (χ3n) is 5.33. The van der Waals surface area contributed by atoms with Gasteiger partial charge in [0.15, 0.2) is 0 Å². The summed E-state index contributed by atoms with van der Waals surface area (Å²) in [4.78, 5) is 17.3. The average Bonchev–Trinajstić information content (AvgIpc) is 3.15. The molecule has 0 saturated carbocycles. The van der Waals surface area contributed by atoms with Crippen molar-refractivity contribution in [2.45, 2.75) is 25.6 Å². The van der Waals surface area contributed by atoms with Crippen LogP contribution < -0.4 is 5.32 Å². The van der Waals surface area contributed by atoms with E-state index < -0.39 is 0 Å². The van der Waals surface area contributed by atoms with Gasteiger partial charge in [-0.3, -0.25) is 4.79 Å². The first kappa shape index (κ1) is 15.3. The Kier molecular flexibility index (Phi) is 3.81. The highest BCUT2D eigenvalue weighted by atomic mass is 16.2. The van der Waals surface area contributed by atoms with Crippen LogP contribution in [0.15, 0.2) is 36.4 Å². The number of fused-ring (bicyclic) bond motifs is 2. The minimum Gasteiger partial charge on any atom is -0.379 e. The molecule has 0 bridgehead atoms. The molecule has 5 heteroatoms. The lowest BCUT2D eigenvalue weighted by Crippen LogP contribution is -2.39. The SMILES string of the molecule is CN1CCC(N(C)C(=O)c2ccc3n2Cc2ccccc2NC3)C1. The molecule has 2 aliphatic rings. The predicted molar refractivity (Wildman–Crippen MR) is 95.3 cm³/mol. The molecule has 1 amide bonds. The highest BCUT2D eigenvalue weighted by Gasteiger charge is 2.29. The minimum atomic E-state index is 0.126. The Balaban J connectivity index is 1.62. The van der Waals surface area contributed by atoms with Gasteiger partial charge in [0.2, 0.25) is 0 Å². The third kappa shape index (κ3) is 2.59. The maximum Gasteiger partial charge on any atom is 0.270 e. The van der Waals surface area contributed by atoms with Gasteiger partial charge in [-0.05, 0) is 43.8 Å². The molecule has 4 rings (SSSR count). The van der Waals surface area contributed by atoms with Gasteiger partial charge in [0.1, 0.15) is 5.69 Å². The molecule has 1 atom stereocenters. The summed E-state index contributed by atoms with van der Waals surface area (Å²) in [6.07, 6.45) is 1.05. The first-order valence-electron chi connectivity index (χ1n) is 8.59. The molecule has 0 spiro atoms. The smallest absolute Gasteiger partial charge is 0.270 e. The van der Waals surface area contributed by atoms with Crippen molar-refractivity contribution < 1.29 is 4.79 Å². The van der Waals surface area contributed by atoms with Crippen molar-refractivity contribution in [3.8, 4) is 0 Å². The summed E-state index contributed by atoms with van der Waals surface area (Å²) in [6, 6.07) is 12.7. The zero-order valence-corrected chi connectivity index (χ0v) is 14.3. The summed E-state index contributed by atoms with van der Waals surface area (Å²) < 4.78 is 2.16. The van der Waals surface area contributed by atoms with E-state index in [-0.39, 0.29) is 5.91 Å². The molecule has 1 saturated heterocycles. The van der Waals surface area contributed by atoms with Gasteiger partial charge in [-0.1, -0.05) is 18.2 Å². The number of benzene rings is 1. The van der Waals surface area contributed by atoms with Gasteiger partial charge in [0.05, 0.1) is 13.1 Å². The van der Waals surface area contributed by atoms with Crippen LogP contribution in [0.1, 0.15) is 28.2 Å². The van der Waals surface area contributed by atoms with Gasteiger partial charge in [-0.25, -0.2) is 0 Å². The number of amides is 1. The second-order valence-corrected chi connectivity index (χ2v) is 6.93. The summed E-state index contributed by atoms with van der Waals surface area (Å²) in [5, 5.41) is 3.47. The number of likely N-dealkylation sites (N-methyl/N-ethyl adjacent to an activating group) is 2. The quantitative estimate of drug-likeness (QED) is 0.921. The number of nitrogens with zero attached hydrogens (tertiary/aromatic N) is 3. The number of carbonyl (C=O) groups is 1. The standard InChI is InChI=1S/C19H24N4O/c1-21-10-9-16(13-21)22(2)19(24)18-8-7-15-11-20-17-6-4-3-5-14(17)12-23(15)18/h3-8,16,20H,9-13H2,1-2H3. The Labute approximate surface area is 142 Å². The summed E-state index contributed by atoms with van der Waals surface area (Å²) in [7, 11) is 4.05. The van der Waals surface area contributed by atoms with Gasteiger partial charge >= 0.3 is 0 Å². The minimum absolute atomic E-state index is 0.126. The first-order valence-corrected chi connectivity index (χ1v) is 8.59. The molecule has 1 aromatic heterocycles. The van der Waals surface area contributed by atoms with Crippen LogP contribution in [0.25, 0.3) is 0 Å². The highest BCUT2D eigenvalue weighted by Crippen LogP contribution is 2.25. The van der Waals surface area contributed by atoms with Gasteiger partial charge in [-0.15, -0.1) is 0 Å². The van der Waals surface area contributed by atoms with Crippen LogP contribution in [-0.2, 0) is 13.1 Å². The summed E-state index contributed by atoms with van der Waals surface area (Å²) >= 11 is 0. The van der Waals surface area contributed by atoms with Crippen molar-refractivity contribution >= 4 is 11.6 Å². The van der Waals surface area contributed by atoms with Crippen molar-refractivity contribution in [2.75, 3.05) is 32.5 Å². The highest BCUT2D eigenvalue weighted by molar-refractivity contribution is 5.93. The van der Waals surface area contributed by atoms with E-state index in [2.05, 4.69) is 46.1 Å². The van der Waals surface area contributed by atoms with Crippen molar-refractivity contribution in [1.29, 1.82) is 0 Å². The van der Waals surface area contributed by atoms with Gasteiger partial charge in [0, 0.05) is 31.0 Å². The van der Waals surface area contributed by atoms with E-state index in [1.165, 1.54) is 5.56 Å². The molecule has 2 aliphatic heterocycles. The van der Waals surface area contributed by atoms with Crippen molar-refractivity contribution in [2.24, 2.45) is 0 Å². The zero-order chi connectivity index (χ0) is 16.7. The molecular weight excluding hydrogens is 300 g/mol. The third-order valence-corrected chi connectivity index (χ3v) is 5.33. The fourth-order valence-corrected chi connectivity index (χ4v) is 3.80. The number of hydrogen-bond donors (Lipinski definition) is 1. The van der Waals surface area contributed by atoms with Crippen LogP contribution in [0.3, 0.4) is 0 Å².